The van der Waals surface area contributed by atoms with Gasteiger partial charge in [-0.2, -0.15) is 0 Å². The van der Waals surface area contributed by atoms with E-state index in [2.05, 4.69) is 0 Å². The van der Waals surface area contributed by atoms with Gasteiger partial charge in [0.25, 0.3) is 0 Å². The molecule has 0 atom stereocenters. The number of halogens is 1. The minimum Gasteiger partial charge on any atom is -0.478 e. The predicted molar refractivity (Wildman–Crippen MR) is 38.6 cm³/mol. The summed E-state index contributed by atoms with van der Waals surface area (Å²) in [6, 6.07) is 0. The van der Waals surface area contributed by atoms with Crippen molar-refractivity contribution in [1.29, 1.82) is 0 Å². The fraction of sp³-hybridized carbons (Fsp3) is 0.714. The van der Waals surface area contributed by atoms with E-state index in [1.807, 2.05) is 0 Å². The zero-order valence-electron chi connectivity index (χ0n) is 6.87. The van der Waals surface area contributed by atoms with Crippen LogP contribution < -0.4 is 0 Å². The number of hydrogen-bond donors (Lipinski definition) is 2. The molecular weight excluding hydrogens is 167 g/mol. The molecule has 0 saturated carbocycles. The maximum atomic E-state index is 13.1. The Morgan fingerprint density at radius 3 is 1.75 bits per heavy atom. The highest BCUT2D eigenvalue weighted by Gasteiger charge is 2.47. The molecule has 0 amide bonds. The van der Waals surface area contributed by atoms with Crippen LogP contribution in [0.4, 0.5) is 4.39 Å². The van der Waals surface area contributed by atoms with Gasteiger partial charge in [0.2, 0.25) is 0 Å². The Morgan fingerprint density at radius 1 is 1.33 bits per heavy atom. The second-order valence-corrected chi connectivity index (χ2v) is 3.01. The van der Waals surface area contributed by atoms with Gasteiger partial charge >= 0.3 is 17.6 Å². The van der Waals surface area contributed by atoms with Crippen molar-refractivity contribution in [2.24, 2.45) is 5.92 Å². The van der Waals surface area contributed by atoms with E-state index in [0.29, 0.717) is 0 Å². The van der Waals surface area contributed by atoms with Crippen LogP contribution in [-0.4, -0.2) is 27.8 Å². The average molecular weight is 178 g/mol. The van der Waals surface area contributed by atoms with Crippen molar-refractivity contribution in [3.05, 3.63) is 0 Å². The number of alkyl halides is 1. The molecule has 5 heteroatoms. The van der Waals surface area contributed by atoms with E-state index in [9.17, 15) is 14.0 Å². The second-order valence-electron chi connectivity index (χ2n) is 3.01. The highest BCUT2D eigenvalue weighted by Crippen LogP contribution is 2.22. The average Bonchev–Trinajstić information content (AvgIpc) is 1.84. The molecule has 0 radical (unpaired) electrons. The molecule has 0 aromatic rings. The van der Waals surface area contributed by atoms with Gasteiger partial charge in [0.1, 0.15) is 0 Å². The molecule has 0 heterocycles. The molecule has 70 valence electrons. The second kappa shape index (κ2) is 3.51. The Labute approximate surface area is 69.0 Å². The van der Waals surface area contributed by atoms with Crippen LogP contribution in [0.5, 0.6) is 0 Å². The van der Waals surface area contributed by atoms with Crippen molar-refractivity contribution in [2.75, 3.05) is 0 Å². The normalized spacial score (nSPS) is 11.7. The number of aliphatic carboxylic acids is 2. The number of carboxylic acids is 2. The maximum absolute atomic E-state index is 13.1. The van der Waals surface area contributed by atoms with Gasteiger partial charge in [-0.1, -0.05) is 13.8 Å². The molecule has 2 N–H and O–H groups in total. The lowest BCUT2D eigenvalue weighted by atomic mass is 9.94. The lowest BCUT2D eigenvalue weighted by Gasteiger charge is -2.17. The number of carbonyl (C=O) groups is 2. The molecule has 0 aliphatic heterocycles. The summed E-state index contributed by atoms with van der Waals surface area (Å²) in [5.74, 6) is -4.20. The molecular formula is C7H11FO4. The first-order chi connectivity index (χ1) is 5.30. The smallest absolute Gasteiger partial charge is 0.353 e. The third-order valence-electron chi connectivity index (χ3n) is 1.37. The van der Waals surface area contributed by atoms with E-state index in [-0.39, 0.29) is 5.92 Å². The van der Waals surface area contributed by atoms with Crippen molar-refractivity contribution in [3.8, 4) is 0 Å². The van der Waals surface area contributed by atoms with Crippen molar-refractivity contribution in [3.63, 3.8) is 0 Å². The summed E-state index contributed by atoms with van der Waals surface area (Å²) in [6.07, 6.45) is -0.516. The largest absolute Gasteiger partial charge is 0.478 e. The lowest BCUT2D eigenvalue weighted by Crippen LogP contribution is -2.43. The molecule has 0 aliphatic rings. The molecule has 0 unspecified atom stereocenters. The predicted octanol–water partition coefficient (Wildman–Crippen LogP) is 0.910. The van der Waals surface area contributed by atoms with Gasteiger partial charge in [0, 0.05) is 6.42 Å². The molecule has 0 rings (SSSR count). The summed E-state index contributed by atoms with van der Waals surface area (Å²) in [7, 11) is 0. The number of hydrogen-bond acceptors (Lipinski definition) is 2. The van der Waals surface area contributed by atoms with Gasteiger partial charge in [-0.3, -0.25) is 0 Å². The van der Waals surface area contributed by atoms with Crippen LogP contribution in [0.25, 0.3) is 0 Å². The van der Waals surface area contributed by atoms with Crippen molar-refractivity contribution >= 4 is 11.9 Å². The molecule has 0 aromatic carbocycles. The van der Waals surface area contributed by atoms with E-state index in [0.717, 1.165) is 0 Å². The third kappa shape index (κ3) is 2.18. The van der Waals surface area contributed by atoms with E-state index < -0.39 is 24.0 Å². The summed E-state index contributed by atoms with van der Waals surface area (Å²) in [5, 5.41) is 16.6. The van der Waals surface area contributed by atoms with Crippen LogP contribution in [0.15, 0.2) is 0 Å². The Bertz CT molecular complexity index is 186. The molecule has 12 heavy (non-hydrogen) atoms. The molecule has 0 aliphatic carbocycles. The summed E-state index contributed by atoms with van der Waals surface area (Å²) in [6.45, 7) is 3.11. The van der Waals surface area contributed by atoms with Gasteiger partial charge in [0.05, 0.1) is 0 Å². The number of carboxylic acid groups (broad SMARTS) is 2. The molecule has 0 spiro atoms. The first-order valence-corrected chi connectivity index (χ1v) is 3.46. The SMILES string of the molecule is CC(C)CC(F)(C(=O)O)C(=O)O. The summed E-state index contributed by atoms with van der Waals surface area (Å²) in [4.78, 5) is 20.5. The van der Waals surface area contributed by atoms with Crippen molar-refractivity contribution in [2.45, 2.75) is 25.9 Å². The summed E-state index contributed by atoms with van der Waals surface area (Å²) >= 11 is 0. The van der Waals surface area contributed by atoms with Gasteiger partial charge < -0.3 is 10.2 Å². The van der Waals surface area contributed by atoms with E-state index >= 15 is 0 Å². The van der Waals surface area contributed by atoms with Gasteiger partial charge in [-0.25, -0.2) is 14.0 Å². The minimum atomic E-state index is -3.14. The summed E-state index contributed by atoms with van der Waals surface area (Å²) in [5.41, 5.74) is -3.14. The quantitative estimate of drug-likeness (QED) is 0.627. The lowest BCUT2D eigenvalue weighted by molar-refractivity contribution is -0.168. The van der Waals surface area contributed by atoms with Crippen LogP contribution in [0.3, 0.4) is 0 Å². The van der Waals surface area contributed by atoms with Crippen LogP contribution in [0, 0.1) is 5.92 Å². The zero-order chi connectivity index (χ0) is 9.94. The first kappa shape index (κ1) is 10.9. The fourth-order valence-corrected chi connectivity index (χ4v) is 0.829. The molecule has 0 saturated heterocycles. The van der Waals surface area contributed by atoms with Crippen molar-refractivity contribution < 1.29 is 24.2 Å². The first-order valence-electron chi connectivity index (χ1n) is 3.46. The topological polar surface area (TPSA) is 74.6 Å². The van der Waals surface area contributed by atoms with Crippen molar-refractivity contribution in [1.82, 2.24) is 0 Å². The Hall–Kier alpha value is -1.13. The Kier molecular flexibility index (Phi) is 3.18. The van der Waals surface area contributed by atoms with Crippen LogP contribution in [-0.2, 0) is 9.59 Å². The van der Waals surface area contributed by atoms with Crippen LogP contribution in [0.1, 0.15) is 20.3 Å². The third-order valence-corrected chi connectivity index (χ3v) is 1.37. The highest BCUT2D eigenvalue weighted by atomic mass is 19.1. The van der Waals surface area contributed by atoms with E-state index in [1.54, 1.807) is 13.8 Å². The highest BCUT2D eigenvalue weighted by molar-refractivity contribution is 6.01. The van der Waals surface area contributed by atoms with Gasteiger partial charge in [-0.15, -0.1) is 0 Å². The zero-order valence-corrected chi connectivity index (χ0v) is 6.87. The standard InChI is InChI=1S/C7H11FO4/c1-4(2)3-7(8,5(9)10)6(11)12/h4H,3H2,1-2H3,(H,9,10)(H,11,12). The molecule has 0 fully saturated rings. The van der Waals surface area contributed by atoms with E-state index in [1.165, 1.54) is 0 Å². The Balaban J connectivity index is 4.63. The van der Waals surface area contributed by atoms with Gasteiger partial charge in [0.15, 0.2) is 0 Å². The minimum absolute atomic E-state index is 0.317. The van der Waals surface area contributed by atoms with Crippen LogP contribution in [0.2, 0.25) is 0 Å². The fourth-order valence-electron chi connectivity index (χ4n) is 0.829. The molecule has 0 aromatic heterocycles. The molecule has 4 nitrogen and oxygen atoms in total. The number of rotatable bonds is 4. The van der Waals surface area contributed by atoms with Gasteiger partial charge in [-0.05, 0) is 5.92 Å². The summed E-state index contributed by atoms with van der Waals surface area (Å²) < 4.78 is 13.1. The monoisotopic (exact) mass is 178 g/mol. The van der Waals surface area contributed by atoms with Crippen LogP contribution >= 0.6 is 0 Å². The maximum Gasteiger partial charge on any atom is 0.353 e. The van der Waals surface area contributed by atoms with E-state index in [4.69, 9.17) is 10.2 Å². The Morgan fingerprint density at radius 2 is 1.67 bits per heavy atom. The molecule has 0 bridgehead atoms.